The smallest absolute Gasteiger partial charge is 0.303 e. The third-order valence-corrected chi connectivity index (χ3v) is 11.5. The number of hydrogen-bond acceptors (Lipinski definition) is 9. The van der Waals surface area contributed by atoms with Gasteiger partial charge in [-0.05, 0) is 101 Å². The summed E-state index contributed by atoms with van der Waals surface area (Å²) in [5, 5.41) is 21.0. The monoisotopic (exact) mass is 880 g/mol. The number of nitrogens with zero attached hydrogens (tertiary/aromatic N) is 3. The van der Waals surface area contributed by atoms with Crippen molar-refractivity contribution in [2.24, 2.45) is 5.11 Å². The highest BCUT2D eigenvalue weighted by atomic mass is 16.4. The normalized spacial score (nSPS) is 10.9. The lowest BCUT2D eigenvalue weighted by Gasteiger charge is -2.07. The Bertz CT molecular complexity index is 1500. The lowest BCUT2D eigenvalue weighted by atomic mass is 9.97. The van der Waals surface area contributed by atoms with Crippen LogP contribution in [0.1, 0.15) is 252 Å². The number of carboxylic acid groups (broad SMARTS) is 2. The molecule has 1 rings (SSSR count). The van der Waals surface area contributed by atoms with Crippen molar-refractivity contribution in [3.05, 3.63) is 39.8 Å². The van der Waals surface area contributed by atoms with E-state index in [-0.39, 0.29) is 66.1 Å². The third-order valence-electron chi connectivity index (χ3n) is 11.5. The molecule has 13 heteroatoms. The molecule has 0 aliphatic rings. The van der Waals surface area contributed by atoms with Crippen molar-refractivity contribution < 1.29 is 48.6 Å². The minimum absolute atomic E-state index is 0.126. The fourth-order valence-corrected chi connectivity index (χ4v) is 7.65. The number of benzene rings is 1. The first-order valence-corrected chi connectivity index (χ1v) is 24.2. The summed E-state index contributed by atoms with van der Waals surface area (Å²) < 4.78 is 0. The molecule has 0 atom stereocenters. The highest BCUT2D eigenvalue weighted by Gasteiger charge is 2.14. The molecule has 0 aliphatic heterocycles. The maximum atomic E-state index is 13.1. The summed E-state index contributed by atoms with van der Waals surface area (Å²) in [6.45, 7) is 0. The molecule has 0 heterocycles. The summed E-state index contributed by atoms with van der Waals surface area (Å²) >= 11 is 0. The van der Waals surface area contributed by atoms with E-state index in [4.69, 9.17) is 15.7 Å². The lowest BCUT2D eigenvalue weighted by molar-refractivity contribution is -0.138. The first-order valence-electron chi connectivity index (χ1n) is 24.2. The maximum Gasteiger partial charge on any atom is 0.303 e. The van der Waals surface area contributed by atoms with Crippen LogP contribution in [0.15, 0.2) is 23.3 Å². The Labute approximate surface area is 376 Å². The minimum atomic E-state index is -0.778. The van der Waals surface area contributed by atoms with Gasteiger partial charge in [0.05, 0.1) is 0 Å². The van der Waals surface area contributed by atoms with E-state index in [1.165, 1.54) is 12.1 Å². The Morgan fingerprint density at radius 1 is 0.349 bits per heavy atom. The average molecular weight is 880 g/mol. The number of unbranched alkanes of at least 4 members (excludes halogenated alkanes) is 18. The van der Waals surface area contributed by atoms with Gasteiger partial charge in [-0.1, -0.05) is 82.2 Å². The van der Waals surface area contributed by atoms with E-state index < -0.39 is 11.9 Å². The second-order valence-corrected chi connectivity index (χ2v) is 17.2. The second kappa shape index (κ2) is 38.0. The quantitative estimate of drug-likeness (QED) is 0.0207. The average Bonchev–Trinajstić information content (AvgIpc) is 3.24. The van der Waals surface area contributed by atoms with Crippen LogP contribution in [0.2, 0.25) is 0 Å². The fraction of sp³-hybridized carbons (Fsp3) is 0.720. The van der Waals surface area contributed by atoms with Gasteiger partial charge in [0.1, 0.15) is 23.1 Å². The number of hydrogen-bond donors (Lipinski definition) is 2. The van der Waals surface area contributed by atoms with Crippen molar-refractivity contribution in [2.45, 2.75) is 231 Å². The lowest BCUT2D eigenvalue weighted by Crippen LogP contribution is -2.04. The Kier molecular flexibility index (Phi) is 34.1. The summed E-state index contributed by atoms with van der Waals surface area (Å²) in [6, 6.07) is 4.62. The van der Waals surface area contributed by atoms with E-state index in [1.54, 1.807) is 6.07 Å². The molecule has 0 spiro atoms. The number of azide groups is 1. The van der Waals surface area contributed by atoms with Crippen LogP contribution in [-0.4, -0.2) is 56.9 Å². The number of rotatable bonds is 45. The van der Waals surface area contributed by atoms with Crippen molar-refractivity contribution >= 4 is 52.3 Å². The van der Waals surface area contributed by atoms with E-state index >= 15 is 0 Å². The summed E-state index contributed by atoms with van der Waals surface area (Å²) in [5.41, 5.74) is 9.92. The Hall–Kier alpha value is -4.51. The summed E-state index contributed by atoms with van der Waals surface area (Å²) in [4.78, 5) is 98.7. The van der Waals surface area contributed by atoms with Crippen LogP contribution in [0, 0.1) is 0 Å². The topological polar surface area (TPSA) is 226 Å². The van der Waals surface area contributed by atoms with E-state index in [0.29, 0.717) is 88.2 Å². The van der Waals surface area contributed by atoms with Gasteiger partial charge < -0.3 is 10.2 Å². The zero-order valence-electron chi connectivity index (χ0n) is 38.2. The van der Waals surface area contributed by atoms with Gasteiger partial charge in [-0.25, -0.2) is 0 Å². The first-order chi connectivity index (χ1) is 30.4. The summed E-state index contributed by atoms with van der Waals surface area (Å²) in [7, 11) is 0. The SMILES string of the molecule is [N-]=[N+]=Nc1cc(C(=O)CCCCCCC(=O)CCCCCCC(=O)CCCCCCC(=O)O)cc(C(=O)CCCCCCC(=O)CCCCCCC(=O)CCCCCCC(=O)O)c1. The Morgan fingerprint density at radius 3 is 0.794 bits per heavy atom. The molecule has 0 unspecified atom stereocenters. The molecule has 1 aromatic carbocycles. The zero-order chi connectivity index (χ0) is 46.3. The van der Waals surface area contributed by atoms with Crippen molar-refractivity contribution in [3.8, 4) is 0 Å². The molecule has 0 aliphatic carbocycles. The molecule has 0 saturated heterocycles. The molecule has 0 aromatic heterocycles. The maximum absolute atomic E-state index is 13.1. The van der Waals surface area contributed by atoms with Crippen molar-refractivity contribution in [1.82, 2.24) is 0 Å². The molecule has 0 amide bonds. The first kappa shape index (κ1) is 56.5. The highest BCUT2D eigenvalue weighted by Crippen LogP contribution is 2.23. The van der Waals surface area contributed by atoms with Gasteiger partial charge in [0, 0.05) is 98.8 Å². The van der Waals surface area contributed by atoms with Gasteiger partial charge in [-0.2, -0.15) is 0 Å². The standard InChI is InChI=1S/C50H77N3O10/c51-53-52-42-38-40(47(58)33-21-9-5-17-29-43(54)25-13-1-3-15-27-45(56)31-19-7-11-23-35-49(60)61)37-41(39-42)48(59)34-22-10-6-18-30-44(55)26-14-2-4-16-28-46(57)32-20-8-12-24-36-50(62)63/h37-39H,1-36H2,(H,60,61)(H,62,63). The number of carbonyl (C=O) groups excluding carboxylic acids is 6. The van der Waals surface area contributed by atoms with Crippen LogP contribution >= 0.6 is 0 Å². The third kappa shape index (κ3) is 33.7. The van der Waals surface area contributed by atoms with E-state index in [9.17, 15) is 38.4 Å². The fourth-order valence-electron chi connectivity index (χ4n) is 7.65. The number of carbonyl (C=O) groups is 8. The molecule has 13 nitrogen and oxygen atoms in total. The van der Waals surface area contributed by atoms with Gasteiger partial charge in [0.2, 0.25) is 0 Å². The zero-order valence-corrected chi connectivity index (χ0v) is 38.2. The predicted octanol–water partition coefficient (Wildman–Crippen LogP) is 13.5. The van der Waals surface area contributed by atoms with E-state index in [2.05, 4.69) is 10.0 Å². The van der Waals surface area contributed by atoms with Crippen LogP contribution < -0.4 is 0 Å². The predicted molar refractivity (Wildman–Crippen MR) is 245 cm³/mol. The minimum Gasteiger partial charge on any atom is -0.481 e. The van der Waals surface area contributed by atoms with Gasteiger partial charge in [-0.3, -0.25) is 38.4 Å². The molecule has 0 radical (unpaired) electrons. The summed E-state index contributed by atoms with van der Waals surface area (Å²) in [5.74, 6) is -0.808. The van der Waals surface area contributed by atoms with Crippen LogP contribution in [0.25, 0.3) is 10.4 Å². The molecule has 0 saturated carbocycles. The molecular weight excluding hydrogens is 803 g/mol. The molecule has 352 valence electrons. The number of ketones is 6. The Morgan fingerprint density at radius 2 is 0.571 bits per heavy atom. The van der Waals surface area contributed by atoms with Gasteiger partial charge in [0.15, 0.2) is 11.6 Å². The molecule has 0 fully saturated rings. The second-order valence-electron chi connectivity index (χ2n) is 17.2. The Balaban J connectivity index is 2.17. The van der Waals surface area contributed by atoms with Crippen LogP contribution in [0.5, 0.6) is 0 Å². The molecule has 63 heavy (non-hydrogen) atoms. The van der Waals surface area contributed by atoms with Crippen molar-refractivity contribution in [2.75, 3.05) is 0 Å². The van der Waals surface area contributed by atoms with E-state index in [1.807, 2.05) is 0 Å². The highest BCUT2D eigenvalue weighted by molar-refractivity contribution is 6.02. The summed E-state index contributed by atoms with van der Waals surface area (Å²) in [6.07, 6.45) is 24.9. The van der Waals surface area contributed by atoms with Crippen LogP contribution in [0.3, 0.4) is 0 Å². The molecule has 1 aromatic rings. The van der Waals surface area contributed by atoms with Gasteiger partial charge >= 0.3 is 11.9 Å². The van der Waals surface area contributed by atoms with Gasteiger partial charge in [-0.15, -0.1) is 0 Å². The van der Waals surface area contributed by atoms with Crippen molar-refractivity contribution in [1.29, 1.82) is 0 Å². The largest absolute Gasteiger partial charge is 0.481 e. The number of carboxylic acids is 2. The number of aliphatic carboxylic acids is 2. The molecule has 0 bridgehead atoms. The van der Waals surface area contributed by atoms with E-state index in [0.717, 1.165) is 128 Å². The van der Waals surface area contributed by atoms with Crippen LogP contribution in [-0.2, 0) is 28.8 Å². The van der Waals surface area contributed by atoms with Crippen molar-refractivity contribution in [3.63, 3.8) is 0 Å². The molecular formula is C50H77N3O10. The number of Topliss-reactive ketones (excluding diaryl/α,β-unsaturated/α-hetero) is 6. The van der Waals surface area contributed by atoms with Gasteiger partial charge in [0.25, 0.3) is 0 Å². The van der Waals surface area contributed by atoms with Crippen LogP contribution in [0.4, 0.5) is 5.69 Å². The molecule has 2 N–H and O–H groups in total.